The van der Waals surface area contributed by atoms with E-state index in [4.69, 9.17) is 10.5 Å². The molecule has 1 fully saturated rings. The number of nitrogens with two attached hydrogens (primary N) is 1. The van der Waals surface area contributed by atoms with Crippen molar-refractivity contribution in [3.8, 4) is 5.75 Å². The van der Waals surface area contributed by atoms with Gasteiger partial charge in [-0.25, -0.2) is 0 Å². The average Bonchev–Trinajstić information content (AvgIpc) is 3.05. The van der Waals surface area contributed by atoms with Crippen molar-refractivity contribution in [2.75, 3.05) is 29.6 Å². The molecule has 3 N–H and O–H groups in total. The second-order valence-electron chi connectivity index (χ2n) is 7.02. The molecule has 1 atom stereocenters. The lowest BCUT2D eigenvalue weighted by Crippen LogP contribution is -2.33. The Morgan fingerprint density at radius 2 is 1.89 bits per heavy atom. The number of benzene rings is 2. The van der Waals surface area contributed by atoms with Gasteiger partial charge in [0.25, 0.3) is 0 Å². The number of amides is 2. The molecule has 1 unspecified atom stereocenters. The van der Waals surface area contributed by atoms with Crippen LogP contribution in [0, 0.1) is 5.92 Å². The fourth-order valence-corrected chi connectivity index (χ4v) is 3.21. The minimum Gasteiger partial charge on any atom is -0.497 e. The molecule has 1 aliphatic heterocycles. The van der Waals surface area contributed by atoms with Crippen molar-refractivity contribution in [2.24, 2.45) is 5.92 Å². The Labute approximate surface area is 171 Å². The number of carbonyl (C=O) groups is 2. The number of halogens is 1. The van der Waals surface area contributed by atoms with E-state index in [0.29, 0.717) is 36.0 Å². The van der Waals surface area contributed by atoms with Crippen LogP contribution in [0.3, 0.4) is 0 Å². The Morgan fingerprint density at radius 3 is 2.50 bits per heavy atom. The van der Waals surface area contributed by atoms with Crippen molar-refractivity contribution in [3.63, 3.8) is 0 Å². The van der Waals surface area contributed by atoms with Crippen LogP contribution in [-0.4, -0.2) is 25.5 Å². The first-order valence-electron chi connectivity index (χ1n) is 9.06. The fraction of sp³-hybridized carbons (Fsp3) is 0.333. The zero-order chi connectivity index (χ0) is 19.6. The third kappa shape index (κ3) is 4.39. The van der Waals surface area contributed by atoms with E-state index in [1.165, 1.54) is 5.56 Å². The summed E-state index contributed by atoms with van der Waals surface area (Å²) < 4.78 is 5.16. The highest BCUT2D eigenvalue weighted by atomic mass is 35.5. The van der Waals surface area contributed by atoms with Gasteiger partial charge in [-0.2, -0.15) is 0 Å². The Balaban J connectivity index is 0.00000280. The highest BCUT2D eigenvalue weighted by molar-refractivity contribution is 6.13. The molecule has 1 saturated heterocycles. The molecule has 1 heterocycles. The summed E-state index contributed by atoms with van der Waals surface area (Å²) in [5.74, 6) is -0.239. The van der Waals surface area contributed by atoms with E-state index < -0.39 is 5.92 Å². The smallest absolute Gasteiger partial charge is 0.239 e. The van der Waals surface area contributed by atoms with Crippen LogP contribution in [0.25, 0.3) is 0 Å². The molecule has 3 rings (SSSR count). The summed E-state index contributed by atoms with van der Waals surface area (Å²) in [7, 11) is 1.54. The minimum absolute atomic E-state index is 0. The second kappa shape index (κ2) is 8.97. The maximum atomic E-state index is 12.8. The van der Waals surface area contributed by atoms with E-state index in [9.17, 15) is 9.59 Å². The molecule has 1 aliphatic rings. The molecule has 28 heavy (non-hydrogen) atoms. The standard InChI is InChI=1S/C21H25N3O3.ClH/c1-13(2)14-4-6-15(7-5-14)24-11-10-17(21(24)26)20(25)23-19-12-16(27-3)8-9-18(19)22;/h4-9,12-13,17H,10-11,22H2,1-3H3,(H,23,25);1H. The molecule has 2 amide bonds. The van der Waals surface area contributed by atoms with Gasteiger partial charge in [0.15, 0.2) is 0 Å². The van der Waals surface area contributed by atoms with E-state index in [1.54, 1.807) is 30.2 Å². The van der Waals surface area contributed by atoms with Gasteiger partial charge in [-0.1, -0.05) is 26.0 Å². The molecule has 0 aromatic heterocycles. The molecule has 0 aliphatic carbocycles. The van der Waals surface area contributed by atoms with Crippen molar-refractivity contribution < 1.29 is 14.3 Å². The zero-order valence-corrected chi connectivity index (χ0v) is 17.1. The molecule has 150 valence electrons. The second-order valence-corrected chi connectivity index (χ2v) is 7.02. The number of anilines is 3. The summed E-state index contributed by atoms with van der Waals surface area (Å²) in [6.45, 7) is 4.77. The van der Waals surface area contributed by atoms with Crippen molar-refractivity contribution in [2.45, 2.75) is 26.2 Å². The fourth-order valence-electron chi connectivity index (χ4n) is 3.21. The Hall–Kier alpha value is -2.73. The number of hydrogen-bond donors (Lipinski definition) is 2. The third-order valence-corrected chi connectivity index (χ3v) is 4.91. The summed E-state index contributed by atoms with van der Waals surface area (Å²) in [6, 6.07) is 13.0. The third-order valence-electron chi connectivity index (χ3n) is 4.91. The molecule has 2 aromatic rings. The summed E-state index contributed by atoms with van der Waals surface area (Å²) in [6.07, 6.45) is 0.473. The summed E-state index contributed by atoms with van der Waals surface area (Å²) in [4.78, 5) is 27.1. The van der Waals surface area contributed by atoms with Crippen LogP contribution in [0.1, 0.15) is 31.7 Å². The summed E-state index contributed by atoms with van der Waals surface area (Å²) in [5, 5.41) is 2.76. The predicted octanol–water partition coefficient (Wildman–Crippen LogP) is 3.81. The van der Waals surface area contributed by atoms with Gasteiger partial charge in [0, 0.05) is 18.3 Å². The number of nitrogens with one attached hydrogen (secondary N) is 1. The maximum Gasteiger partial charge on any atom is 0.239 e. The minimum atomic E-state index is -0.722. The molecule has 7 heteroatoms. The van der Waals surface area contributed by atoms with Crippen LogP contribution in [0.2, 0.25) is 0 Å². The first kappa shape index (κ1) is 21.6. The number of nitrogen functional groups attached to an aromatic ring is 1. The molecular weight excluding hydrogens is 378 g/mol. The van der Waals surface area contributed by atoms with Crippen LogP contribution < -0.4 is 20.7 Å². The number of carbonyl (C=O) groups excluding carboxylic acids is 2. The van der Waals surface area contributed by atoms with Crippen molar-refractivity contribution in [1.29, 1.82) is 0 Å². The predicted molar refractivity (Wildman–Crippen MR) is 114 cm³/mol. The van der Waals surface area contributed by atoms with Crippen LogP contribution >= 0.6 is 12.4 Å². The lowest BCUT2D eigenvalue weighted by atomic mass is 10.0. The van der Waals surface area contributed by atoms with Crippen LogP contribution in [0.15, 0.2) is 42.5 Å². The van der Waals surface area contributed by atoms with Crippen molar-refractivity contribution >= 4 is 41.3 Å². The Bertz CT molecular complexity index is 852. The largest absolute Gasteiger partial charge is 0.497 e. The number of nitrogens with zero attached hydrogens (tertiary/aromatic N) is 1. The van der Waals surface area contributed by atoms with Gasteiger partial charge < -0.3 is 20.7 Å². The molecule has 6 nitrogen and oxygen atoms in total. The number of rotatable bonds is 5. The monoisotopic (exact) mass is 403 g/mol. The molecule has 0 radical (unpaired) electrons. The molecule has 0 bridgehead atoms. The molecule has 2 aromatic carbocycles. The number of hydrogen-bond acceptors (Lipinski definition) is 4. The van der Waals surface area contributed by atoms with Crippen LogP contribution in [0.4, 0.5) is 17.1 Å². The molecular formula is C21H26ClN3O3. The van der Waals surface area contributed by atoms with Crippen molar-refractivity contribution in [3.05, 3.63) is 48.0 Å². The first-order chi connectivity index (χ1) is 12.9. The van der Waals surface area contributed by atoms with Crippen molar-refractivity contribution in [1.82, 2.24) is 0 Å². The van der Waals surface area contributed by atoms with Gasteiger partial charge in [-0.3, -0.25) is 9.59 Å². The van der Waals surface area contributed by atoms with Gasteiger partial charge in [0.05, 0.1) is 18.5 Å². The number of methoxy groups -OCH3 is 1. The first-order valence-corrected chi connectivity index (χ1v) is 9.06. The van der Waals surface area contributed by atoms with Crippen LogP contribution in [0.5, 0.6) is 5.75 Å². The van der Waals surface area contributed by atoms with E-state index in [0.717, 1.165) is 5.69 Å². The number of ether oxygens (including phenoxy) is 1. The maximum absolute atomic E-state index is 12.8. The highest BCUT2D eigenvalue weighted by Gasteiger charge is 2.37. The summed E-state index contributed by atoms with van der Waals surface area (Å²) in [5.41, 5.74) is 8.83. The lowest BCUT2D eigenvalue weighted by molar-refractivity contribution is -0.129. The van der Waals surface area contributed by atoms with Gasteiger partial charge in [-0.05, 0) is 42.2 Å². The van der Waals surface area contributed by atoms with E-state index >= 15 is 0 Å². The van der Waals surface area contributed by atoms with Gasteiger partial charge in [-0.15, -0.1) is 12.4 Å². The average molecular weight is 404 g/mol. The molecule has 0 spiro atoms. The lowest BCUT2D eigenvalue weighted by Gasteiger charge is -2.18. The van der Waals surface area contributed by atoms with E-state index in [2.05, 4.69) is 19.2 Å². The van der Waals surface area contributed by atoms with Gasteiger partial charge in [0.1, 0.15) is 11.7 Å². The molecule has 0 saturated carbocycles. The highest BCUT2D eigenvalue weighted by Crippen LogP contribution is 2.29. The van der Waals surface area contributed by atoms with Gasteiger partial charge >= 0.3 is 0 Å². The quantitative estimate of drug-likeness (QED) is 0.587. The summed E-state index contributed by atoms with van der Waals surface area (Å²) >= 11 is 0. The SMILES string of the molecule is COc1ccc(N)c(NC(=O)C2CCN(c3ccc(C(C)C)cc3)C2=O)c1.Cl. The Kier molecular flexibility index (Phi) is 6.91. The normalized spacial score (nSPS) is 16.1. The van der Waals surface area contributed by atoms with Crippen LogP contribution in [-0.2, 0) is 9.59 Å². The van der Waals surface area contributed by atoms with E-state index in [-0.39, 0.29) is 24.2 Å². The van der Waals surface area contributed by atoms with Gasteiger partial charge in [0.2, 0.25) is 11.8 Å². The Morgan fingerprint density at radius 1 is 1.21 bits per heavy atom. The van der Waals surface area contributed by atoms with E-state index in [1.807, 2.05) is 24.3 Å². The topological polar surface area (TPSA) is 84.7 Å². The zero-order valence-electron chi connectivity index (χ0n) is 16.3.